The van der Waals surface area contributed by atoms with Crippen LogP contribution in [0.1, 0.15) is 20.3 Å². The molecule has 4 nitrogen and oxygen atoms in total. The third kappa shape index (κ3) is 2.03. The quantitative estimate of drug-likeness (QED) is 0.758. The molecule has 0 saturated carbocycles. The van der Waals surface area contributed by atoms with Crippen LogP contribution in [0.2, 0.25) is 0 Å². The van der Waals surface area contributed by atoms with Gasteiger partial charge in [0.05, 0.1) is 11.0 Å². The topological polar surface area (TPSA) is 57.9 Å². The molecule has 1 fully saturated rings. The van der Waals surface area contributed by atoms with Crippen molar-refractivity contribution in [2.24, 2.45) is 11.8 Å². The first-order valence-corrected chi connectivity index (χ1v) is 6.62. The highest BCUT2D eigenvalue weighted by Crippen LogP contribution is 2.26. The second-order valence-corrected chi connectivity index (χ2v) is 5.69. The highest BCUT2D eigenvalue weighted by molar-refractivity contribution is 5.80. The van der Waals surface area contributed by atoms with E-state index in [9.17, 15) is 0 Å². The molecule has 1 saturated heterocycles. The number of aromatic amines is 1. The summed E-state index contributed by atoms with van der Waals surface area (Å²) in [4.78, 5) is 10.4. The standard InChI is InChI=1S/C14H20N4/c1-9-5-10(2)8-18(7-9)14-16-12-4-3-11(15)6-13(12)17-14/h3-4,6,9-10H,5,7-8,15H2,1-2H3,(H,16,17). The van der Waals surface area contributed by atoms with E-state index in [2.05, 4.69) is 28.7 Å². The van der Waals surface area contributed by atoms with E-state index in [-0.39, 0.29) is 0 Å². The molecule has 1 aliphatic heterocycles. The number of hydrogen-bond acceptors (Lipinski definition) is 3. The molecule has 0 aliphatic carbocycles. The van der Waals surface area contributed by atoms with E-state index < -0.39 is 0 Å². The van der Waals surface area contributed by atoms with Crippen molar-refractivity contribution in [1.82, 2.24) is 9.97 Å². The average Bonchev–Trinajstić information content (AvgIpc) is 2.70. The van der Waals surface area contributed by atoms with Crippen LogP contribution >= 0.6 is 0 Å². The van der Waals surface area contributed by atoms with Gasteiger partial charge in [0.15, 0.2) is 0 Å². The van der Waals surface area contributed by atoms with Crippen LogP contribution in [0.25, 0.3) is 11.0 Å². The normalized spacial score (nSPS) is 24.7. The number of H-pyrrole nitrogens is 1. The predicted octanol–water partition coefficient (Wildman–Crippen LogP) is 2.63. The fourth-order valence-electron chi connectivity index (χ4n) is 3.00. The minimum atomic E-state index is 0.729. The fraction of sp³-hybridized carbons (Fsp3) is 0.500. The summed E-state index contributed by atoms with van der Waals surface area (Å²) in [5, 5.41) is 0. The molecule has 4 heteroatoms. The van der Waals surface area contributed by atoms with Crippen LogP contribution in [0.4, 0.5) is 11.6 Å². The average molecular weight is 244 g/mol. The van der Waals surface area contributed by atoms with Crippen molar-refractivity contribution in [3.8, 4) is 0 Å². The summed E-state index contributed by atoms with van der Waals surface area (Å²) in [5.74, 6) is 2.44. The van der Waals surface area contributed by atoms with E-state index in [1.54, 1.807) is 0 Å². The Morgan fingerprint density at radius 1 is 1.28 bits per heavy atom. The number of anilines is 2. The van der Waals surface area contributed by atoms with Crippen molar-refractivity contribution in [3.63, 3.8) is 0 Å². The van der Waals surface area contributed by atoms with Crippen LogP contribution in [-0.2, 0) is 0 Å². The molecular formula is C14H20N4. The highest BCUT2D eigenvalue weighted by Gasteiger charge is 2.23. The molecule has 0 radical (unpaired) electrons. The van der Waals surface area contributed by atoms with Gasteiger partial charge in [0.2, 0.25) is 5.95 Å². The second kappa shape index (κ2) is 4.19. The van der Waals surface area contributed by atoms with Crippen molar-refractivity contribution in [2.45, 2.75) is 20.3 Å². The van der Waals surface area contributed by atoms with Crippen LogP contribution in [0.5, 0.6) is 0 Å². The maximum atomic E-state index is 5.79. The summed E-state index contributed by atoms with van der Waals surface area (Å²) in [6, 6.07) is 5.82. The third-order valence-corrected chi connectivity index (χ3v) is 3.66. The van der Waals surface area contributed by atoms with Gasteiger partial charge in [-0.05, 0) is 36.5 Å². The maximum absolute atomic E-state index is 5.79. The highest BCUT2D eigenvalue weighted by atomic mass is 15.3. The Bertz CT molecular complexity index is 550. The van der Waals surface area contributed by atoms with Gasteiger partial charge in [-0.3, -0.25) is 0 Å². The van der Waals surface area contributed by atoms with Crippen molar-refractivity contribution >= 4 is 22.7 Å². The molecule has 18 heavy (non-hydrogen) atoms. The molecule has 2 unspecified atom stereocenters. The van der Waals surface area contributed by atoms with Gasteiger partial charge in [0.1, 0.15) is 0 Å². The lowest BCUT2D eigenvalue weighted by atomic mass is 9.92. The third-order valence-electron chi connectivity index (χ3n) is 3.66. The van der Waals surface area contributed by atoms with Gasteiger partial charge in [0, 0.05) is 18.8 Å². The Morgan fingerprint density at radius 2 is 2.00 bits per heavy atom. The Kier molecular flexibility index (Phi) is 2.65. The lowest BCUT2D eigenvalue weighted by Crippen LogP contribution is -2.39. The van der Waals surface area contributed by atoms with Crippen LogP contribution in [0.3, 0.4) is 0 Å². The zero-order chi connectivity index (χ0) is 12.7. The van der Waals surface area contributed by atoms with Gasteiger partial charge in [0.25, 0.3) is 0 Å². The number of aromatic nitrogens is 2. The molecule has 3 rings (SSSR count). The van der Waals surface area contributed by atoms with Crippen LogP contribution < -0.4 is 10.6 Å². The summed E-state index contributed by atoms with van der Waals surface area (Å²) in [7, 11) is 0. The van der Waals surface area contributed by atoms with Crippen molar-refractivity contribution in [3.05, 3.63) is 18.2 Å². The van der Waals surface area contributed by atoms with E-state index >= 15 is 0 Å². The summed E-state index contributed by atoms with van der Waals surface area (Å²) >= 11 is 0. The summed E-state index contributed by atoms with van der Waals surface area (Å²) < 4.78 is 0. The number of hydrogen-bond donors (Lipinski definition) is 2. The number of nitrogens with zero attached hydrogens (tertiary/aromatic N) is 2. The van der Waals surface area contributed by atoms with Crippen LogP contribution in [-0.4, -0.2) is 23.1 Å². The zero-order valence-corrected chi connectivity index (χ0v) is 11.0. The molecule has 96 valence electrons. The SMILES string of the molecule is CC1CC(C)CN(c2nc3ccc(N)cc3[nH]2)C1. The monoisotopic (exact) mass is 244 g/mol. The van der Waals surface area contributed by atoms with Crippen molar-refractivity contribution < 1.29 is 0 Å². The number of nitrogens with two attached hydrogens (primary N) is 1. The van der Waals surface area contributed by atoms with Gasteiger partial charge in [-0.25, -0.2) is 4.98 Å². The summed E-state index contributed by atoms with van der Waals surface area (Å²) in [5.41, 5.74) is 8.59. The molecule has 0 amide bonds. The van der Waals surface area contributed by atoms with Crippen LogP contribution in [0.15, 0.2) is 18.2 Å². The lowest BCUT2D eigenvalue weighted by Gasteiger charge is -2.34. The second-order valence-electron chi connectivity index (χ2n) is 5.69. The molecule has 1 aliphatic rings. The van der Waals surface area contributed by atoms with Crippen molar-refractivity contribution in [1.29, 1.82) is 0 Å². The first-order chi connectivity index (χ1) is 8.61. The number of benzene rings is 1. The number of fused-ring (bicyclic) bond motifs is 1. The Labute approximate surface area is 107 Å². The first-order valence-electron chi connectivity index (χ1n) is 6.62. The molecule has 2 atom stereocenters. The fourth-order valence-corrected chi connectivity index (χ4v) is 3.00. The number of nitrogen functional groups attached to an aromatic ring is 1. The number of imidazole rings is 1. The largest absolute Gasteiger partial charge is 0.399 e. The molecule has 1 aromatic carbocycles. The number of piperidine rings is 1. The Morgan fingerprint density at radius 3 is 2.72 bits per heavy atom. The smallest absolute Gasteiger partial charge is 0.203 e. The maximum Gasteiger partial charge on any atom is 0.203 e. The summed E-state index contributed by atoms with van der Waals surface area (Å²) in [6.45, 7) is 6.78. The summed E-state index contributed by atoms with van der Waals surface area (Å²) in [6.07, 6.45) is 1.31. The van der Waals surface area contributed by atoms with E-state index in [0.29, 0.717) is 0 Å². The molecule has 3 N–H and O–H groups in total. The minimum Gasteiger partial charge on any atom is -0.399 e. The minimum absolute atomic E-state index is 0.729. The lowest BCUT2D eigenvalue weighted by molar-refractivity contribution is 0.354. The van der Waals surface area contributed by atoms with E-state index in [4.69, 9.17) is 5.73 Å². The van der Waals surface area contributed by atoms with Gasteiger partial charge in [-0.15, -0.1) is 0 Å². The number of nitrogens with one attached hydrogen (secondary N) is 1. The Hall–Kier alpha value is -1.71. The molecule has 0 bridgehead atoms. The number of rotatable bonds is 1. The zero-order valence-electron chi connectivity index (χ0n) is 11.0. The van der Waals surface area contributed by atoms with Gasteiger partial charge < -0.3 is 15.6 Å². The molecule has 1 aromatic heterocycles. The first kappa shape index (κ1) is 11.4. The van der Waals surface area contributed by atoms with E-state index in [1.165, 1.54) is 6.42 Å². The Balaban J connectivity index is 1.93. The van der Waals surface area contributed by atoms with Gasteiger partial charge >= 0.3 is 0 Å². The van der Waals surface area contributed by atoms with Crippen molar-refractivity contribution in [2.75, 3.05) is 23.7 Å². The van der Waals surface area contributed by atoms with E-state index in [0.717, 1.165) is 47.6 Å². The predicted molar refractivity (Wildman–Crippen MR) is 75.7 cm³/mol. The van der Waals surface area contributed by atoms with Gasteiger partial charge in [-0.2, -0.15) is 0 Å². The van der Waals surface area contributed by atoms with Gasteiger partial charge in [-0.1, -0.05) is 13.8 Å². The molecule has 2 aromatic rings. The van der Waals surface area contributed by atoms with Crippen LogP contribution in [0, 0.1) is 11.8 Å². The molecule has 0 spiro atoms. The molecule has 2 heterocycles. The molecular weight excluding hydrogens is 224 g/mol. The van der Waals surface area contributed by atoms with E-state index in [1.807, 2.05) is 18.2 Å².